The predicted octanol–water partition coefficient (Wildman–Crippen LogP) is 0.854. The van der Waals surface area contributed by atoms with Crippen molar-refractivity contribution in [2.45, 2.75) is 26.2 Å². The summed E-state index contributed by atoms with van der Waals surface area (Å²) >= 11 is 0. The van der Waals surface area contributed by atoms with E-state index in [1.807, 2.05) is 21.0 Å². The summed E-state index contributed by atoms with van der Waals surface area (Å²) in [5.41, 5.74) is 0. The Labute approximate surface area is 75.1 Å². The van der Waals surface area contributed by atoms with E-state index in [9.17, 15) is 4.79 Å². The lowest BCUT2D eigenvalue weighted by molar-refractivity contribution is -0.129. The lowest BCUT2D eigenvalue weighted by Gasteiger charge is -2.15. The number of amides is 1. The molecule has 0 atom stereocenters. The maximum absolute atomic E-state index is 11.1. The number of unbranched alkanes of at least 4 members (excludes halogenated alkanes) is 1. The van der Waals surface area contributed by atoms with Gasteiger partial charge in [0, 0.05) is 20.0 Å². The first-order valence-corrected chi connectivity index (χ1v) is 4.61. The highest BCUT2D eigenvalue weighted by Crippen LogP contribution is 1.94. The number of nitrogens with one attached hydrogen (secondary N) is 1. The van der Waals surface area contributed by atoms with Gasteiger partial charge in [0.25, 0.3) is 0 Å². The molecule has 1 N–H and O–H groups in total. The molecule has 0 saturated heterocycles. The first-order valence-electron chi connectivity index (χ1n) is 4.61. The molecule has 3 heteroatoms. The normalized spacial score (nSPS) is 9.92. The van der Waals surface area contributed by atoms with E-state index >= 15 is 0 Å². The van der Waals surface area contributed by atoms with Gasteiger partial charge in [-0.15, -0.1) is 0 Å². The first-order chi connectivity index (χ1) is 5.72. The fraction of sp³-hybridized carbons (Fsp3) is 0.889. The molecule has 72 valence electrons. The molecular weight excluding hydrogens is 152 g/mol. The highest BCUT2D eigenvalue weighted by atomic mass is 16.2. The van der Waals surface area contributed by atoms with Crippen molar-refractivity contribution >= 4 is 5.91 Å². The van der Waals surface area contributed by atoms with Crippen LogP contribution in [0.2, 0.25) is 0 Å². The monoisotopic (exact) mass is 172 g/mol. The quantitative estimate of drug-likeness (QED) is 0.603. The average Bonchev–Trinajstić information content (AvgIpc) is 2.10. The Morgan fingerprint density at radius 2 is 2.08 bits per heavy atom. The molecule has 0 heterocycles. The molecule has 1 amide bonds. The Morgan fingerprint density at radius 3 is 2.58 bits per heavy atom. The molecule has 0 radical (unpaired) electrons. The summed E-state index contributed by atoms with van der Waals surface area (Å²) in [5, 5.41) is 3.08. The molecule has 0 aromatic carbocycles. The van der Waals surface area contributed by atoms with Gasteiger partial charge in [-0.1, -0.05) is 6.92 Å². The van der Waals surface area contributed by atoms with Crippen molar-refractivity contribution in [2.75, 3.05) is 27.2 Å². The molecule has 0 fully saturated rings. The lowest BCUT2D eigenvalue weighted by Crippen LogP contribution is -2.27. The van der Waals surface area contributed by atoms with Gasteiger partial charge in [-0.05, 0) is 26.4 Å². The van der Waals surface area contributed by atoms with Gasteiger partial charge in [0.2, 0.25) is 5.91 Å². The topological polar surface area (TPSA) is 32.3 Å². The van der Waals surface area contributed by atoms with Crippen LogP contribution in [0.1, 0.15) is 26.2 Å². The second-order valence-corrected chi connectivity index (χ2v) is 2.98. The molecule has 3 nitrogen and oxygen atoms in total. The van der Waals surface area contributed by atoms with Crippen LogP contribution in [-0.4, -0.2) is 38.0 Å². The minimum atomic E-state index is 0.236. The zero-order chi connectivity index (χ0) is 9.40. The van der Waals surface area contributed by atoms with Crippen molar-refractivity contribution in [3.8, 4) is 0 Å². The van der Waals surface area contributed by atoms with E-state index in [0.717, 1.165) is 25.9 Å². The van der Waals surface area contributed by atoms with Crippen molar-refractivity contribution in [1.82, 2.24) is 10.2 Å². The Kier molecular flexibility index (Phi) is 6.76. The second-order valence-electron chi connectivity index (χ2n) is 2.98. The predicted molar refractivity (Wildman–Crippen MR) is 51.1 cm³/mol. The van der Waals surface area contributed by atoms with Crippen LogP contribution in [0.3, 0.4) is 0 Å². The van der Waals surface area contributed by atoms with Crippen LogP contribution in [0.4, 0.5) is 0 Å². The molecule has 0 aromatic rings. The number of rotatable bonds is 6. The first kappa shape index (κ1) is 11.4. The zero-order valence-corrected chi connectivity index (χ0v) is 8.39. The highest BCUT2D eigenvalue weighted by molar-refractivity contribution is 5.75. The Morgan fingerprint density at radius 1 is 1.42 bits per heavy atom. The lowest BCUT2D eigenvalue weighted by atomic mass is 10.3. The van der Waals surface area contributed by atoms with E-state index in [0.29, 0.717) is 6.42 Å². The molecule has 0 unspecified atom stereocenters. The molecule has 0 rings (SSSR count). The van der Waals surface area contributed by atoms with Gasteiger partial charge in [-0.2, -0.15) is 0 Å². The van der Waals surface area contributed by atoms with Crippen LogP contribution >= 0.6 is 0 Å². The fourth-order valence-electron chi connectivity index (χ4n) is 1.05. The van der Waals surface area contributed by atoms with Gasteiger partial charge in [0.05, 0.1) is 0 Å². The standard InChI is InChI=1S/C9H20N2O/c1-4-9(12)11(3)8-6-5-7-10-2/h10H,4-8H2,1-3H3. The summed E-state index contributed by atoms with van der Waals surface area (Å²) in [6, 6.07) is 0. The largest absolute Gasteiger partial charge is 0.346 e. The number of hydrogen-bond acceptors (Lipinski definition) is 2. The summed E-state index contributed by atoms with van der Waals surface area (Å²) in [5.74, 6) is 0.236. The molecule has 0 spiro atoms. The minimum Gasteiger partial charge on any atom is -0.346 e. The third kappa shape index (κ3) is 5.13. The SMILES string of the molecule is CCC(=O)N(C)CCCCNC. The second kappa shape index (κ2) is 7.10. The maximum atomic E-state index is 11.1. The van der Waals surface area contributed by atoms with E-state index in [-0.39, 0.29) is 5.91 Å². The van der Waals surface area contributed by atoms with Crippen molar-refractivity contribution in [1.29, 1.82) is 0 Å². The molecule has 0 aliphatic heterocycles. The van der Waals surface area contributed by atoms with Crippen LogP contribution in [0.5, 0.6) is 0 Å². The zero-order valence-electron chi connectivity index (χ0n) is 8.39. The van der Waals surface area contributed by atoms with Gasteiger partial charge in [-0.3, -0.25) is 4.79 Å². The summed E-state index contributed by atoms with van der Waals surface area (Å²) in [6.07, 6.45) is 2.84. The smallest absolute Gasteiger partial charge is 0.222 e. The molecule has 0 aliphatic rings. The van der Waals surface area contributed by atoms with Crippen LogP contribution in [0, 0.1) is 0 Å². The molecule has 0 aliphatic carbocycles. The van der Waals surface area contributed by atoms with Crippen LogP contribution in [0.15, 0.2) is 0 Å². The molecule has 0 saturated carbocycles. The maximum Gasteiger partial charge on any atom is 0.222 e. The van der Waals surface area contributed by atoms with Crippen LogP contribution in [0.25, 0.3) is 0 Å². The summed E-state index contributed by atoms with van der Waals surface area (Å²) in [7, 11) is 3.81. The van der Waals surface area contributed by atoms with E-state index < -0.39 is 0 Å². The highest BCUT2D eigenvalue weighted by Gasteiger charge is 2.03. The van der Waals surface area contributed by atoms with E-state index in [4.69, 9.17) is 0 Å². The summed E-state index contributed by atoms with van der Waals surface area (Å²) in [6.45, 7) is 3.81. The van der Waals surface area contributed by atoms with E-state index in [1.165, 1.54) is 0 Å². The summed E-state index contributed by atoms with van der Waals surface area (Å²) < 4.78 is 0. The van der Waals surface area contributed by atoms with Crippen LogP contribution in [-0.2, 0) is 4.79 Å². The molecule has 0 bridgehead atoms. The van der Waals surface area contributed by atoms with Gasteiger partial charge in [-0.25, -0.2) is 0 Å². The third-order valence-electron chi connectivity index (χ3n) is 1.90. The Balaban J connectivity index is 3.31. The number of nitrogens with zero attached hydrogens (tertiary/aromatic N) is 1. The van der Waals surface area contributed by atoms with Gasteiger partial charge < -0.3 is 10.2 Å². The molecule has 0 aromatic heterocycles. The average molecular weight is 172 g/mol. The molecule has 12 heavy (non-hydrogen) atoms. The Hall–Kier alpha value is -0.570. The van der Waals surface area contributed by atoms with Crippen LogP contribution < -0.4 is 5.32 Å². The van der Waals surface area contributed by atoms with Gasteiger partial charge in [0.15, 0.2) is 0 Å². The fourth-order valence-corrected chi connectivity index (χ4v) is 1.05. The molecular formula is C9H20N2O. The van der Waals surface area contributed by atoms with Crippen molar-refractivity contribution in [3.63, 3.8) is 0 Å². The summed E-state index contributed by atoms with van der Waals surface area (Å²) in [4.78, 5) is 12.9. The van der Waals surface area contributed by atoms with E-state index in [2.05, 4.69) is 5.32 Å². The minimum absolute atomic E-state index is 0.236. The number of carbonyl (C=O) groups is 1. The van der Waals surface area contributed by atoms with Gasteiger partial charge in [0.1, 0.15) is 0 Å². The third-order valence-corrected chi connectivity index (χ3v) is 1.90. The number of carbonyl (C=O) groups excluding carboxylic acids is 1. The van der Waals surface area contributed by atoms with Gasteiger partial charge >= 0.3 is 0 Å². The van der Waals surface area contributed by atoms with Crippen molar-refractivity contribution < 1.29 is 4.79 Å². The van der Waals surface area contributed by atoms with Crippen molar-refractivity contribution in [2.24, 2.45) is 0 Å². The van der Waals surface area contributed by atoms with E-state index in [1.54, 1.807) is 4.90 Å². The number of hydrogen-bond donors (Lipinski definition) is 1. The van der Waals surface area contributed by atoms with Crippen molar-refractivity contribution in [3.05, 3.63) is 0 Å². The Bertz CT molecular complexity index is 126.